The van der Waals surface area contributed by atoms with E-state index in [4.69, 9.17) is 11.6 Å². The number of halogens is 1. The van der Waals surface area contributed by atoms with Crippen LogP contribution in [0.2, 0.25) is 5.02 Å². The van der Waals surface area contributed by atoms with E-state index in [1.807, 2.05) is 12.1 Å². The smallest absolute Gasteiger partial charge is 0.128 e. The van der Waals surface area contributed by atoms with E-state index in [9.17, 15) is 0 Å². The highest BCUT2D eigenvalue weighted by atomic mass is 35.5. The number of piperazine rings is 1. The van der Waals surface area contributed by atoms with Gasteiger partial charge in [0.1, 0.15) is 5.82 Å². The van der Waals surface area contributed by atoms with Crippen molar-refractivity contribution in [3.63, 3.8) is 0 Å². The Morgan fingerprint density at radius 3 is 2.93 bits per heavy atom. The van der Waals surface area contributed by atoms with Gasteiger partial charge in [-0.05, 0) is 26.0 Å². The zero-order valence-corrected chi connectivity index (χ0v) is 9.83. The van der Waals surface area contributed by atoms with Gasteiger partial charge in [0.15, 0.2) is 0 Å². The average Bonchev–Trinajstić information content (AvgIpc) is 2.23. The molecular weight excluding hydrogens is 210 g/mol. The van der Waals surface area contributed by atoms with Crippen molar-refractivity contribution in [3.8, 4) is 0 Å². The van der Waals surface area contributed by atoms with Gasteiger partial charge >= 0.3 is 0 Å². The summed E-state index contributed by atoms with van der Waals surface area (Å²) in [4.78, 5) is 6.67. The Labute approximate surface area is 95.4 Å². The first-order valence-corrected chi connectivity index (χ1v) is 5.66. The molecule has 1 fully saturated rings. The summed E-state index contributed by atoms with van der Waals surface area (Å²) in [6.45, 7) is 6.39. The highest BCUT2D eigenvalue weighted by Crippen LogP contribution is 2.18. The van der Waals surface area contributed by atoms with E-state index in [1.54, 1.807) is 6.20 Å². The quantitative estimate of drug-likeness (QED) is 0.792. The third-order valence-electron chi connectivity index (χ3n) is 2.77. The van der Waals surface area contributed by atoms with E-state index in [0.29, 0.717) is 17.1 Å². The van der Waals surface area contributed by atoms with E-state index in [0.717, 1.165) is 18.9 Å². The molecule has 15 heavy (non-hydrogen) atoms. The fourth-order valence-corrected chi connectivity index (χ4v) is 1.99. The number of pyridine rings is 1. The monoisotopic (exact) mass is 225 g/mol. The summed E-state index contributed by atoms with van der Waals surface area (Å²) in [5.41, 5.74) is 0. The summed E-state index contributed by atoms with van der Waals surface area (Å²) < 4.78 is 0. The van der Waals surface area contributed by atoms with Crippen molar-refractivity contribution in [3.05, 3.63) is 23.4 Å². The number of hydrogen-bond acceptors (Lipinski definition) is 3. The Morgan fingerprint density at radius 1 is 1.47 bits per heavy atom. The Hall–Kier alpha value is -0.800. The third-order valence-corrected chi connectivity index (χ3v) is 2.99. The minimum absolute atomic E-state index is 0.481. The largest absolute Gasteiger partial charge is 0.351 e. The van der Waals surface area contributed by atoms with Crippen molar-refractivity contribution < 1.29 is 0 Å². The predicted octanol–water partition coefficient (Wildman–Crippen LogP) is 1.92. The van der Waals surface area contributed by atoms with Crippen LogP contribution in [0.3, 0.4) is 0 Å². The second-order valence-electron chi connectivity index (χ2n) is 4.15. The molecule has 1 aromatic rings. The maximum atomic E-state index is 5.82. The molecule has 0 spiro atoms. The number of rotatable bonds is 1. The molecular formula is C11H16ClN3. The predicted molar refractivity (Wildman–Crippen MR) is 63.5 cm³/mol. The molecule has 0 radical (unpaired) electrons. The molecule has 0 saturated carbocycles. The topological polar surface area (TPSA) is 28.2 Å². The summed E-state index contributed by atoms with van der Waals surface area (Å²) >= 11 is 5.82. The number of aromatic nitrogens is 1. The minimum Gasteiger partial charge on any atom is -0.351 e. The fourth-order valence-electron chi connectivity index (χ4n) is 1.88. The minimum atomic E-state index is 0.481. The molecule has 2 heterocycles. The van der Waals surface area contributed by atoms with Crippen molar-refractivity contribution in [1.29, 1.82) is 0 Å². The Morgan fingerprint density at radius 2 is 2.27 bits per heavy atom. The lowest BCUT2D eigenvalue weighted by molar-refractivity contribution is 0.422. The molecule has 1 N–H and O–H groups in total. The Balaban J connectivity index is 2.17. The summed E-state index contributed by atoms with van der Waals surface area (Å²) in [5, 5.41) is 4.14. The van der Waals surface area contributed by atoms with Gasteiger partial charge in [-0.1, -0.05) is 11.6 Å². The van der Waals surface area contributed by atoms with Crippen LogP contribution >= 0.6 is 11.6 Å². The molecule has 4 heteroatoms. The first kappa shape index (κ1) is 10.7. The van der Waals surface area contributed by atoms with Crippen LogP contribution < -0.4 is 10.2 Å². The van der Waals surface area contributed by atoms with Crippen LogP contribution in [0.5, 0.6) is 0 Å². The molecule has 1 aromatic heterocycles. The molecule has 1 aliphatic heterocycles. The Kier molecular flexibility index (Phi) is 3.12. The molecule has 0 aliphatic carbocycles. The standard InChI is InChI=1S/C11H16ClN3/c1-8-7-15(9(2)5-13-8)11-4-3-10(12)6-14-11/h3-4,6,8-9,13H,5,7H2,1-2H3. The summed E-state index contributed by atoms with van der Waals surface area (Å²) in [7, 11) is 0. The number of hydrogen-bond donors (Lipinski definition) is 1. The van der Waals surface area contributed by atoms with E-state index < -0.39 is 0 Å². The second kappa shape index (κ2) is 4.37. The van der Waals surface area contributed by atoms with Crippen LogP contribution in [0.15, 0.2) is 18.3 Å². The summed E-state index contributed by atoms with van der Waals surface area (Å²) in [6, 6.07) is 4.87. The number of anilines is 1. The zero-order valence-electron chi connectivity index (χ0n) is 9.07. The molecule has 82 valence electrons. The molecule has 2 unspecified atom stereocenters. The highest BCUT2D eigenvalue weighted by molar-refractivity contribution is 6.30. The van der Waals surface area contributed by atoms with Gasteiger partial charge in [0, 0.05) is 31.4 Å². The molecule has 1 saturated heterocycles. The number of nitrogens with one attached hydrogen (secondary N) is 1. The average molecular weight is 226 g/mol. The van der Waals surface area contributed by atoms with Gasteiger partial charge in [0.25, 0.3) is 0 Å². The molecule has 2 atom stereocenters. The molecule has 0 amide bonds. The van der Waals surface area contributed by atoms with Gasteiger partial charge in [-0.2, -0.15) is 0 Å². The van der Waals surface area contributed by atoms with E-state index >= 15 is 0 Å². The van der Waals surface area contributed by atoms with Gasteiger partial charge in [0.05, 0.1) is 5.02 Å². The van der Waals surface area contributed by atoms with Crippen molar-refractivity contribution in [2.45, 2.75) is 25.9 Å². The lowest BCUT2D eigenvalue weighted by Crippen LogP contribution is -2.54. The normalized spacial score (nSPS) is 26.7. The van der Waals surface area contributed by atoms with Crippen molar-refractivity contribution in [2.75, 3.05) is 18.0 Å². The van der Waals surface area contributed by atoms with Crippen LogP contribution in [0.1, 0.15) is 13.8 Å². The lowest BCUT2D eigenvalue weighted by Gasteiger charge is -2.38. The van der Waals surface area contributed by atoms with E-state index in [-0.39, 0.29) is 0 Å². The van der Waals surface area contributed by atoms with Crippen LogP contribution in [-0.2, 0) is 0 Å². The zero-order chi connectivity index (χ0) is 10.8. The summed E-state index contributed by atoms with van der Waals surface area (Å²) in [5.74, 6) is 1.01. The van der Waals surface area contributed by atoms with Gasteiger partial charge in [-0.15, -0.1) is 0 Å². The van der Waals surface area contributed by atoms with Crippen molar-refractivity contribution in [2.24, 2.45) is 0 Å². The fraction of sp³-hybridized carbons (Fsp3) is 0.545. The highest BCUT2D eigenvalue weighted by Gasteiger charge is 2.22. The maximum absolute atomic E-state index is 5.82. The van der Waals surface area contributed by atoms with Crippen molar-refractivity contribution in [1.82, 2.24) is 10.3 Å². The SMILES string of the molecule is CC1CN(c2ccc(Cl)cn2)C(C)CN1. The lowest BCUT2D eigenvalue weighted by atomic mass is 10.1. The molecule has 0 aromatic carbocycles. The van der Waals surface area contributed by atoms with Crippen LogP contribution in [-0.4, -0.2) is 30.2 Å². The maximum Gasteiger partial charge on any atom is 0.128 e. The molecule has 3 nitrogen and oxygen atoms in total. The van der Waals surface area contributed by atoms with Gasteiger partial charge in [-0.3, -0.25) is 0 Å². The van der Waals surface area contributed by atoms with Gasteiger partial charge < -0.3 is 10.2 Å². The van der Waals surface area contributed by atoms with Gasteiger partial charge in [-0.25, -0.2) is 4.98 Å². The van der Waals surface area contributed by atoms with E-state index in [2.05, 4.69) is 29.0 Å². The van der Waals surface area contributed by atoms with Crippen LogP contribution in [0.4, 0.5) is 5.82 Å². The van der Waals surface area contributed by atoms with E-state index in [1.165, 1.54) is 0 Å². The van der Waals surface area contributed by atoms with Gasteiger partial charge in [0.2, 0.25) is 0 Å². The third kappa shape index (κ3) is 2.41. The second-order valence-corrected chi connectivity index (χ2v) is 4.58. The number of nitrogens with zero attached hydrogens (tertiary/aromatic N) is 2. The molecule has 2 rings (SSSR count). The summed E-state index contributed by atoms with van der Waals surface area (Å²) in [6.07, 6.45) is 1.70. The van der Waals surface area contributed by atoms with Crippen LogP contribution in [0.25, 0.3) is 0 Å². The molecule has 1 aliphatic rings. The first-order valence-electron chi connectivity index (χ1n) is 5.28. The van der Waals surface area contributed by atoms with Crippen LogP contribution in [0, 0.1) is 0 Å². The molecule has 0 bridgehead atoms. The Bertz CT molecular complexity index is 325. The van der Waals surface area contributed by atoms with Crippen molar-refractivity contribution >= 4 is 17.4 Å². The first-order chi connectivity index (χ1) is 7.16.